The summed E-state index contributed by atoms with van der Waals surface area (Å²) in [5.74, 6) is 0.481. The lowest BCUT2D eigenvalue weighted by molar-refractivity contribution is -0.137. The van der Waals surface area contributed by atoms with Crippen molar-refractivity contribution in [1.29, 1.82) is 0 Å². The van der Waals surface area contributed by atoms with Gasteiger partial charge in [-0.1, -0.05) is 18.2 Å². The second-order valence-corrected chi connectivity index (χ2v) is 8.21. The first-order chi connectivity index (χ1) is 16.5. The van der Waals surface area contributed by atoms with Gasteiger partial charge in [-0.15, -0.1) is 0 Å². The Bertz CT molecular complexity index is 1020. The molecule has 2 saturated heterocycles. The molecule has 0 bridgehead atoms. The smallest absolute Gasteiger partial charge is 0.260 e. The first-order valence-corrected chi connectivity index (χ1v) is 11.3. The van der Waals surface area contributed by atoms with E-state index in [1.54, 1.807) is 41.2 Å². The highest BCUT2D eigenvalue weighted by molar-refractivity contribution is 6.00. The molecule has 0 unspecified atom stereocenters. The Balaban J connectivity index is 1.28. The second kappa shape index (κ2) is 11.0. The van der Waals surface area contributed by atoms with E-state index in [1.165, 1.54) is 0 Å². The van der Waals surface area contributed by atoms with E-state index < -0.39 is 5.92 Å². The molecule has 1 N–H and O–H groups in total. The monoisotopic (exact) mass is 467 g/mol. The van der Waals surface area contributed by atoms with Crippen molar-refractivity contribution in [2.45, 2.75) is 13.0 Å². The number of carbonyl (C=O) groups is 3. The maximum absolute atomic E-state index is 12.7. The predicted molar refractivity (Wildman–Crippen MR) is 125 cm³/mol. The summed E-state index contributed by atoms with van der Waals surface area (Å²) in [6.45, 7) is 2.84. The lowest BCUT2D eigenvalue weighted by Gasteiger charge is -2.26. The number of para-hydroxylation sites is 1. The van der Waals surface area contributed by atoms with Gasteiger partial charge in [0.1, 0.15) is 11.5 Å². The van der Waals surface area contributed by atoms with Crippen molar-refractivity contribution in [1.82, 2.24) is 10.2 Å². The highest BCUT2D eigenvalue weighted by Gasteiger charge is 2.35. The van der Waals surface area contributed by atoms with Crippen molar-refractivity contribution in [3.8, 4) is 11.5 Å². The number of methoxy groups -OCH3 is 1. The number of hydrogen-bond acceptors (Lipinski definition) is 6. The van der Waals surface area contributed by atoms with Gasteiger partial charge in [-0.25, -0.2) is 0 Å². The highest BCUT2D eigenvalue weighted by Crippen LogP contribution is 2.27. The van der Waals surface area contributed by atoms with Crippen LogP contribution in [0, 0.1) is 5.92 Å². The maximum Gasteiger partial charge on any atom is 0.260 e. The van der Waals surface area contributed by atoms with Crippen LogP contribution in [0.15, 0.2) is 48.5 Å². The van der Waals surface area contributed by atoms with Crippen LogP contribution in [0.4, 0.5) is 5.69 Å². The highest BCUT2D eigenvalue weighted by atomic mass is 16.5. The molecule has 1 atom stereocenters. The van der Waals surface area contributed by atoms with Crippen molar-refractivity contribution >= 4 is 23.4 Å². The van der Waals surface area contributed by atoms with E-state index in [9.17, 15) is 14.4 Å². The van der Waals surface area contributed by atoms with Gasteiger partial charge >= 0.3 is 0 Å². The SMILES string of the molecule is COc1ccccc1CNC(=O)[C@@H]1CC(=O)N(c2ccc(OCC(=O)N3CCOCC3)cc2)C1. The van der Waals surface area contributed by atoms with Gasteiger partial charge in [0.2, 0.25) is 11.8 Å². The fourth-order valence-corrected chi connectivity index (χ4v) is 4.08. The average Bonchev–Trinajstić information content (AvgIpc) is 3.28. The van der Waals surface area contributed by atoms with Gasteiger partial charge in [-0.05, 0) is 30.3 Å². The fourth-order valence-electron chi connectivity index (χ4n) is 4.08. The zero-order chi connectivity index (χ0) is 23.9. The van der Waals surface area contributed by atoms with Gasteiger partial charge in [0.15, 0.2) is 6.61 Å². The number of anilines is 1. The van der Waals surface area contributed by atoms with E-state index in [1.807, 2.05) is 24.3 Å². The van der Waals surface area contributed by atoms with Gasteiger partial charge in [-0.2, -0.15) is 0 Å². The molecule has 0 saturated carbocycles. The summed E-state index contributed by atoms with van der Waals surface area (Å²) < 4.78 is 16.2. The van der Waals surface area contributed by atoms with Gasteiger partial charge in [-0.3, -0.25) is 14.4 Å². The van der Waals surface area contributed by atoms with Crippen LogP contribution in [0.25, 0.3) is 0 Å². The normalized spacial score (nSPS) is 18.0. The number of nitrogens with zero attached hydrogens (tertiary/aromatic N) is 2. The van der Waals surface area contributed by atoms with Gasteiger partial charge in [0.05, 0.1) is 26.2 Å². The van der Waals surface area contributed by atoms with Crippen LogP contribution in [0.5, 0.6) is 11.5 Å². The standard InChI is InChI=1S/C25H29N3O6/c1-32-22-5-3-2-4-18(22)15-26-25(31)19-14-23(29)28(16-19)20-6-8-21(9-7-20)34-17-24(30)27-10-12-33-13-11-27/h2-9,19H,10-17H2,1H3,(H,26,31)/t19-/m1/s1. The first kappa shape index (κ1) is 23.6. The quantitative estimate of drug-likeness (QED) is 0.634. The summed E-state index contributed by atoms with van der Waals surface area (Å²) in [4.78, 5) is 40.8. The molecule has 0 aromatic heterocycles. The minimum Gasteiger partial charge on any atom is -0.496 e. The Kier molecular flexibility index (Phi) is 7.64. The molecular weight excluding hydrogens is 438 g/mol. The minimum atomic E-state index is -0.427. The molecule has 2 fully saturated rings. The molecular formula is C25H29N3O6. The summed E-state index contributed by atoms with van der Waals surface area (Å²) in [7, 11) is 1.59. The maximum atomic E-state index is 12.7. The Morgan fingerprint density at radius 3 is 2.56 bits per heavy atom. The van der Waals surface area contributed by atoms with Crippen LogP contribution >= 0.6 is 0 Å². The molecule has 0 radical (unpaired) electrons. The molecule has 34 heavy (non-hydrogen) atoms. The molecule has 9 nitrogen and oxygen atoms in total. The molecule has 0 spiro atoms. The second-order valence-electron chi connectivity index (χ2n) is 8.21. The zero-order valence-corrected chi connectivity index (χ0v) is 19.2. The number of carbonyl (C=O) groups excluding carboxylic acids is 3. The van der Waals surface area contributed by atoms with E-state index in [0.29, 0.717) is 56.6 Å². The van der Waals surface area contributed by atoms with E-state index in [2.05, 4.69) is 5.32 Å². The average molecular weight is 468 g/mol. The van der Waals surface area contributed by atoms with Crippen molar-refractivity contribution in [3.63, 3.8) is 0 Å². The summed E-state index contributed by atoms with van der Waals surface area (Å²) in [6, 6.07) is 14.5. The van der Waals surface area contributed by atoms with Crippen molar-refractivity contribution in [3.05, 3.63) is 54.1 Å². The van der Waals surface area contributed by atoms with Crippen molar-refractivity contribution in [2.75, 3.05) is 51.5 Å². The Hall–Kier alpha value is -3.59. The molecule has 2 aromatic rings. The Labute approximate surface area is 198 Å². The molecule has 2 aromatic carbocycles. The summed E-state index contributed by atoms with van der Waals surface area (Å²) in [6.07, 6.45) is 0.157. The third-order valence-electron chi connectivity index (χ3n) is 6.02. The largest absolute Gasteiger partial charge is 0.496 e. The van der Waals surface area contributed by atoms with Crippen LogP contribution < -0.4 is 19.7 Å². The summed E-state index contributed by atoms with van der Waals surface area (Å²) >= 11 is 0. The van der Waals surface area contributed by atoms with E-state index in [4.69, 9.17) is 14.2 Å². The van der Waals surface area contributed by atoms with Gasteiger partial charge in [0.25, 0.3) is 5.91 Å². The first-order valence-electron chi connectivity index (χ1n) is 11.3. The van der Waals surface area contributed by atoms with Crippen LogP contribution in [0.1, 0.15) is 12.0 Å². The number of amides is 3. The molecule has 180 valence electrons. The van der Waals surface area contributed by atoms with Gasteiger partial charge < -0.3 is 29.3 Å². The molecule has 3 amide bonds. The number of nitrogens with one attached hydrogen (secondary N) is 1. The molecule has 9 heteroatoms. The Morgan fingerprint density at radius 2 is 1.82 bits per heavy atom. The van der Waals surface area contributed by atoms with Crippen LogP contribution in [-0.4, -0.2) is 69.2 Å². The van der Waals surface area contributed by atoms with Crippen LogP contribution in [0.2, 0.25) is 0 Å². The molecule has 2 aliphatic rings. The third kappa shape index (κ3) is 5.66. The topological polar surface area (TPSA) is 97.4 Å². The van der Waals surface area contributed by atoms with E-state index in [-0.39, 0.29) is 30.7 Å². The number of ether oxygens (including phenoxy) is 3. The van der Waals surface area contributed by atoms with Crippen molar-refractivity contribution in [2.24, 2.45) is 5.92 Å². The molecule has 4 rings (SSSR count). The summed E-state index contributed by atoms with van der Waals surface area (Å²) in [5, 5.41) is 2.91. The lowest BCUT2D eigenvalue weighted by atomic mass is 10.1. The van der Waals surface area contributed by atoms with Crippen LogP contribution in [-0.2, 0) is 25.7 Å². The molecule has 0 aliphatic carbocycles. The fraction of sp³-hybridized carbons (Fsp3) is 0.400. The zero-order valence-electron chi connectivity index (χ0n) is 19.2. The molecule has 2 heterocycles. The number of benzene rings is 2. The number of hydrogen-bond donors (Lipinski definition) is 1. The molecule has 2 aliphatic heterocycles. The summed E-state index contributed by atoms with van der Waals surface area (Å²) in [5.41, 5.74) is 1.57. The van der Waals surface area contributed by atoms with Crippen molar-refractivity contribution < 1.29 is 28.6 Å². The Morgan fingerprint density at radius 1 is 1.09 bits per heavy atom. The van der Waals surface area contributed by atoms with E-state index in [0.717, 1.165) is 5.56 Å². The van der Waals surface area contributed by atoms with E-state index >= 15 is 0 Å². The van der Waals surface area contributed by atoms with Crippen LogP contribution in [0.3, 0.4) is 0 Å². The van der Waals surface area contributed by atoms with Gasteiger partial charge in [0, 0.05) is 43.9 Å². The number of rotatable bonds is 8. The number of morpholine rings is 1. The lowest BCUT2D eigenvalue weighted by Crippen LogP contribution is -2.42. The predicted octanol–water partition coefficient (Wildman–Crippen LogP) is 1.60. The minimum absolute atomic E-state index is 0.0452. The third-order valence-corrected chi connectivity index (χ3v) is 6.02.